The van der Waals surface area contributed by atoms with E-state index < -0.39 is 0 Å². The third-order valence-corrected chi connectivity index (χ3v) is 9.71. The maximum atomic E-state index is 5.35. The van der Waals surface area contributed by atoms with Gasteiger partial charge in [-0.15, -0.1) is 0 Å². The highest BCUT2D eigenvalue weighted by atomic mass is 14.9. The average Bonchev–Trinajstić information content (AvgIpc) is 3.20. The van der Waals surface area contributed by atoms with E-state index in [9.17, 15) is 0 Å². The van der Waals surface area contributed by atoms with Gasteiger partial charge >= 0.3 is 0 Å². The van der Waals surface area contributed by atoms with E-state index in [-0.39, 0.29) is 0 Å². The van der Waals surface area contributed by atoms with E-state index in [4.69, 9.17) is 19.9 Å². The minimum absolute atomic E-state index is 0.678. The fourth-order valence-electron chi connectivity index (χ4n) is 7.30. The first-order valence-electron chi connectivity index (χ1n) is 16.8. The van der Waals surface area contributed by atoms with Gasteiger partial charge < -0.3 is 0 Å². The van der Waals surface area contributed by atoms with E-state index in [0.29, 0.717) is 11.6 Å². The molecule has 0 saturated heterocycles. The van der Waals surface area contributed by atoms with Crippen molar-refractivity contribution in [3.8, 4) is 45.3 Å². The highest BCUT2D eigenvalue weighted by Crippen LogP contribution is 2.39. The summed E-state index contributed by atoms with van der Waals surface area (Å²) in [7, 11) is 0. The lowest BCUT2D eigenvalue weighted by Gasteiger charge is -2.14. The van der Waals surface area contributed by atoms with Gasteiger partial charge in [-0.05, 0) is 68.0 Å². The van der Waals surface area contributed by atoms with Crippen LogP contribution in [0.1, 0.15) is 0 Å². The number of hydrogen-bond acceptors (Lipinski definition) is 4. The van der Waals surface area contributed by atoms with E-state index in [0.717, 1.165) is 66.1 Å². The van der Waals surface area contributed by atoms with Crippen LogP contribution in [0.5, 0.6) is 0 Å². The van der Waals surface area contributed by atoms with Crippen molar-refractivity contribution in [1.29, 1.82) is 0 Å². The smallest absolute Gasteiger partial charge is 0.161 e. The van der Waals surface area contributed by atoms with Gasteiger partial charge in [-0.2, -0.15) is 0 Å². The molecule has 0 aliphatic rings. The zero-order chi connectivity index (χ0) is 33.0. The molecule has 2 aromatic heterocycles. The van der Waals surface area contributed by atoms with Crippen molar-refractivity contribution < 1.29 is 0 Å². The number of aromatic nitrogens is 4. The molecule has 0 amide bonds. The summed E-state index contributed by atoms with van der Waals surface area (Å²) >= 11 is 0. The molecule has 0 spiro atoms. The van der Waals surface area contributed by atoms with E-state index in [1.54, 1.807) is 0 Å². The van der Waals surface area contributed by atoms with Crippen LogP contribution in [-0.4, -0.2) is 19.9 Å². The zero-order valence-electron chi connectivity index (χ0n) is 27.0. The largest absolute Gasteiger partial charge is 0.236 e. The third kappa shape index (κ3) is 4.61. The minimum atomic E-state index is 0.678. The summed E-state index contributed by atoms with van der Waals surface area (Å²) in [6.07, 6.45) is 2.00. The second-order valence-corrected chi connectivity index (χ2v) is 12.6. The number of nitrogens with zero attached hydrogens (tertiary/aromatic N) is 4. The lowest BCUT2D eigenvalue weighted by atomic mass is 9.94. The molecule has 0 bridgehead atoms. The van der Waals surface area contributed by atoms with Crippen molar-refractivity contribution in [1.82, 2.24) is 19.9 Å². The molecule has 232 valence electrons. The predicted octanol–water partition coefficient (Wildman–Crippen LogP) is 11.7. The van der Waals surface area contributed by atoms with Gasteiger partial charge in [-0.1, -0.05) is 133 Å². The summed E-state index contributed by atoms with van der Waals surface area (Å²) in [5.74, 6) is 1.37. The molecule has 4 nitrogen and oxygen atoms in total. The van der Waals surface area contributed by atoms with Gasteiger partial charge in [0.05, 0.1) is 16.9 Å². The minimum Gasteiger partial charge on any atom is -0.236 e. The lowest BCUT2D eigenvalue weighted by Crippen LogP contribution is -1.98. The molecule has 0 aliphatic carbocycles. The first kappa shape index (κ1) is 28.3. The molecular formula is C46H28N4. The molecule has 0 N–H and O–H groups in total. The Morgan fingerprint density at radius 2 is 0.800 bits per heavy atom. The normalized spacial score (nSPS) is 11.6. The van der Waals surface area contributed by atoms with E-state index >= 15 is 0 Å². The maximum absolute atomic E-state index is 5.35. The summed E-state index contributed by atoms with van der Waals surface area (Å²) in [6.45, 7) is 0. The van der Waals surface area contributed by atoms with Crippen LogP contribution < -0.4 is 0 Å². The van der Waals surface area contributed by atoms with Crippen molar-refractivity contribution in [3.05, 3.63) is 170 Å². The van der Waals surface area contributed by atoms with E-state index in [1.807, 2.05) is 42.6 Å². The van der Waals surface area contributed by atoms with Crippen molar-refractivity contribution in [2.24, 2.45) is 0 Å². The Kier molecular flexibility index (Phi) is 6.46. The van der Waals surface area contributed by atoms with E-state index in [1.165, 1.54) is 21.5 Å². The Bertz CT molecular complexity index is 2860. The molecule has 0 radical (unpaired) electrons. The topological polar surface area (TPSA) is 51.6 Å². The van der Waals surface area contributed by atoms with Crippen molar-refractivity contribution >= 4 is 54.0 Å². The second kappa shape index (κ2) is 11.4. The Morgan fingerprint density at radius 1 is 0.320 bits per heavy atom. The van der Waals surface area contributed by atoms with Gasteiger partial charge in [0.1, 0.15) is 0 Å². The molecule has 0 saturated carbocycles. The van der Waals surface area contributed by atoms with Crippen molar-refractivity contribution in [2.75, 3.05) is 0 Å². The van der Waals surface area contributed by atoms with Crippen LogP contribution in [0.25, 0.3) is 99.3 Å². The Labute approximate surface area is 288 Å². The highest BCUT2D eigenvalue weighted by molar-refractivity contribution is 6.26. The van der Waals surface area contributed by atoms with Crippen LogP contribution in [0.3, 0.4) is 0 Å². The molecule has 0 unspecified atom stereocenters. The quantitative estimate of drug-likeness (QED) is 0.142. The van der Waals surface area contributed by atoms with E-state index in [2.05, 4.69) is 127 Å². The van der Waals surface area contributed by atoms with Gasteiger partial charge in [0.2, 0.25) is 0 Å². The molecule has 50 heavy (non-hydrogen) atoms. The van der Waals surface area contributed by atoms with Crippen LogP contribution in [0.15, 0.2) is 170 Å². The number of rotatable bonds is 4. The summed E-state index contributed by atoms with van der Waals surface area (Å²) in [5.41, 5.74) is 6.74. The van der Waals surface area contributed by atoms with Crippen LogP contribution in [-0.2, 0) is 0 Å². The fraction of sp³-hybridized carbons (Fsp3) is 0. The molecule has 8 aromatic carbocycles. The van der Waals surface area contributed by atoms with Gasteiger partial charge in [0.15, 0.2) is 11.6 Å². The van der Waals surface area contributed by atoms with Gasteiger partial charge in [0, 0.05) is 39.2 Å². The fourth-order valence-corrected chi connectivity index (χ4v) is 7.30. The summed E-state index contributed by atoms with van der Waals surface area (Å²) in [4.78, 5) is 20.6. The SMILES string of the molecule is c1ccc(-c2cc(-c3ccccc3)nc(-c3ccc(-c4ncc5c6ccccc6c6cc7ccccc7cc6c5n4)c4ccccc34)n2)cc1. The standard InChI is InChI=1S/C46H28N4/c1-3-13-29(14-4-1)42-27-43(30-15-5-2-6-16-30)49-46(48-42)38-24-23-37(33-19-9-10-20-34(33)38)45-47-28-41-36-22-12-11-21-35(36)39-25-31-17-7-8-18-32(31)26-40(39)44(41)50-45/h1-28H. The predicted molar refractivity (Wildman–Crippen MR) is 207 cm³/mol. The first-order chi connectivity index (χ1) is 24.8. The summed E-state index contributed by atoms with van der Waals surface area (Å²) in [6, 6.07) is 57.0. The van der Waals surface area contributed by atoms with Crippen LogP contribution >= 0.6 is 0 Å². The summed E-state index contributed by atoms with van der Waals surface area (Å²) < 4.78 is 0. The molecule has 10 aromatic rings. The number of benzene rings is 8. The molecular weight excluding hydrogens is 609 g/mol. The van der Waals surface area contributed by atoms with Crippen LogP contribution in [0.4, 0.5) is 0 Å². The average molecular weight is 637 g/mol. The molecule has 2 heterocycles. The molecule has 0 fully saturated rings. The first-order valence-corrected chi connectivity index (χ1v) is 16.8. The Balaban J connectivity index is 1.20. The molecule has 4 heteroatoms. The highest BCUT2D eigenvalue weighted by Gasteiger charge is 2.18. The zero-order valence-corrected chi connectivity index (χ0v) is 27.0. The monoisotopic (exact) mass is 636 g/mol. The lowest BCUT2D eigenvalue weighted by molar-refractivity contribution is 1.19. The van der Waals surface area contributed by atoms with Gasteiger partial charge in [-0.25, -0.2) is 19.9 Å². The summed E-state index contributed by atoms with van der Waals surface area (Å²) in [5, 5.41) is 10.2. The van der Waals surface area contributed by atoms with Crippen molar-refractivity contribution in [3.63, 3.8) is 0 Å². The third-order valence-electron chi connectivity index (χ3n) is 9.71. The molecule has 0 atom stereocenters. The molecule has 10 rings (SSSR count). The number of hydrogen-bond donors (Lipinski definition) is 0. The van der Waals surface area contributed by atoms with Crippen LogP contribution in [0.2, 0.25) is 0 Å². The maximum Gasteiger partial charge on any atom is 0.161 e. The Hall–Kier alpha value is -6.78. The van der Waals surface area contributed by atoms with Crippen LogP contribution in [0, 0.1) is 0 Å². The van der Waals surface area contributed by atoms with Gasteiger partial charge in [0.25, 0.3) is 0 Å². The van der Waals surface area contributed by atoms with Crippen molar-refractivity contribution in [2.45, 2.75) is 0 Å². The van der Waals surface area contributed by atoms with Gasteiger partial charge in [-0.3, -0.25) is 0 Å². The number of fused-ring (bicyclic) bond motifs is 8. The second-order valence-electron chi connectivity index (χ2n) is 12.6. The molecule has 0 aliphatic heterocycles. The Morgan fingerprint density at radius 3 is 1.40 bits per heavy atom.